The lowest BCUT2D eigenvalue weighted by Crippen LogP contribution is -2.49. The van der Waals surface area contributed by atoms with E-state index in [9.17, 15) is 9.59 Å². The Labute approximate surface area is 182 Å². The van der Waals surface area contributed by atoms with Gasteiger partial charge in [-0.05, 0) is 48.0 Å². The van der Waals surface area contributed by atoms with Crippen LogP contribution in [0.5, 0.6) is 5.75 Å². The maximum atomic E-state index is 12.4. The Balaban J connectivity index is 1.39. The fraction of sp³-hybridized carbons (Fsp3) is 0.292. The minimum Gasteiger partial charge on any atom is -0.497 e. The fourth-order valence-corrected chi connectivity index (χ4v) is 3.35. The minimum absolute atomic E-state index is 0.0326. The molecule has 2 aromatic rings. The van der Waals surface area contributed by atoms with Crippen molar-refractivity contribution in [2.45, 2.75) is 0 Å². The van der Waals surface area contributed by atoms with E-state index < -0.39 is 0 Å². The molecule has 1 saturated heterocycles. The molecule has 0 saturated carbocycles. The molecule has 2 aromatic carbocycles. The predicted molar refractivity (Wildman–Crippen MR) is 119 cm³/mol. The normalized spacial score (nSPS) is 14.3. The van der Waals surface area contributed by atoms with Crippen LogP contribution in [0.25, 0.3) is 6.08 Å². The molecule has 0 aromatic heterocycles. The summed E-state index contributed by atoms with van der Waals surface area (Å²) in [7, 11) is 1.59. The summed E-state index contributed by atoms with van der Waals surface area (Å²) in [5.74, 6) is 0.575. The summed E-state index contributed by atoms with van der Waals surface area (Å²) in [4.78, 5) is 28.7. The largest absolute Gasteiger partial charge is 0.497 e. The number of benzene rings is 2. The first-order valence-electron chi connectivity index (χ1n) is 10.2. The zero-order valence-electron chi connectivity index (χ0n) is 17.6. The molecule has 1 aliphatic heterocycles. The number of hydrogen-bond donors (Lipinski definition) is 1. The van der Waals surface area contributed by atoms with Crippen LogP contribution in [0.1, 0.15) is 21.5 Å². The summed E-state index contributed by atoms with van der Waals surface area (Å²) < 4.78 is 5.10. The molecule has 3 rings (SSSR count). The number of carbonyl (C=O) groups excluding carboxylic acids is 2. The molecule has 0 unspecified atom stereocenters. The molecular weight excluding hydrogens is 392 g/mol. The number of rotatable bonds is 7. The van der Waals surface area contributed by atoms with Crippen molar-refractivity contribution in [2.75, 3.05) is 46.4 Å². The van der Waals surface area contributed by atoms with E-state index in [0.717, 1.165) is 30.9 Å². The van der Waals surface area contributed by atoms with Gasteiger partial charge in [-0.25, -0.2) is 0 Å². The molecule has 0 atom stereocenters. The van der Waals surface area contributed by atoms with Gasteiger partial charge < -0.3 is 15.0 Å². The molecule has 1 fully saturated rings. The summed E-state index contributed by atoms with van der Waals surface area (Å²) in [6, 6.07) is 16.2. The third-order valence-electron chi connectivity index (χ3n) is 5.18. The molecule has 0 radical (unpaired) electrons. The Morgan fingerprint density at radius 3 is 2.55 bits per heavy atom. The van der Waals surface area contributed by atoms with Gasteiger partial charge in [-0.2, -0.15) is 5.26 Å². The van der Waals surface area contributed by atoms with Crippen LogP contribution in [0, 0.1) is 11.3 Å². The lowest BCUT2D eigenvalue weighted by Gasteiger charge is -2.34. The van der Waals surface area contributed by atoms with E-state index in [-0.39, 0.29) is 11.8 Å². The van der Waals surface area contributed by atoms with E-state index in [1.807, 2.05) is 11.0 Å². The highest BCUT2D eigenvalue weighted by atomic mass is 16.5. The molecule has 1 N–H and O–H groups in total. The van der Waals surface area contributed by atoms with E-state index in [1.54, 1.807) is 61.7 Å². The maximum Gasteiger partial charge on any atom is 0.251 e. The van der Waals surface area contributed by atoms with Crippen molar-refractivity contribution < 1.29 is 14.3 Å². The fourth-order valence-electron chi connectivity index (χ4n) is 3.35. The molecule has 7 nitrogen and oxygen atoms in total. The number of ether oxygens (including phenoxy) is 1. The average molecular weight is 418 g/mol. The molecule has 1 heterocycles. The molecule has 1 aliphatic rings. The van der Waals surface area contributed by atoms with Gasteiger partial charge in [0.2, 0.25) is 5.91 Å². The standard InChI is InChI=1S/C24H26N4O3/c1-31-22-8-6-21(7-9-22)24(30)26-11-12-27-13-15-28(16-14-27)23(29)10-5-19-3-2-4-20(17-19)18-25/h2-10,17H,11-16H2,1H3,(H,26,30). The van der Waals surface area contributed by atoms with Gasteiger partial charge in [0, 0.05) is 50.9 Å². The molecule has 2 amide bonds. The number of piperazine rings is 1. The summed E-state index contributed by atoms with van der Waals surface area (Å²) in [5, 5.41) is 11.9. The highest BCUT2D eigenvalue weighted by molar-refractivity contribution is 5.94. The third-order valence-corrected chi connectivity index (χ3v) is 5.18. The lowest BCUT2D eigenvalue weighted by molar-refractivity contribution is -0.127. The van der Waals surface area contributed by atoms with Crippen LogP contribution in [0.4, 0.5) is 0 Å². The van der Waals surface area contributed by atoms with Crippen LogP contribution in [0.3, 0.4) is 0 Å². The first-order valence-corrected chi connectivity index (χ1v) is 10.2. The van der Waals surface area contributed by atoms with Crippen LogP contribution < -0.4 is 10.1 Å². The van der Waals surface area contributed by atoms with Gasteiger partial charge in [0.15, 0.2) is 0 Å². The van der Waals surface area contributed by atoms with Crippen LogP contribution in [-0.2, 0) is 4.79 Å². The lowest BCUT2D eigenvalue weighted by atomic mass is 10.1. The number of nitriles is 1. The molecule has 0 spiro atoms. The van der Waals surface area contributed by atoms with Crippen molar-refractivity contribution in [3.05, 3.63) is 71.3 Å². The Kier molecular flexibility index (Phi) is 7.79. The van der Waals surface area contributed by atoms with Gasteiger partial charge in [0.25, 0.3) is 5.91 Å². The van der Waals surface area contributed by atoms with Crippen LogP contribution in [0.15, 0.2) is 54.6 Å². The van der Waals surface area contributed by atoms with Crippen molar-refractivity contribution >= 4 is 17.9 Å². The second kappa shape index (κ2) is 11.0. The second-order valence-electron chi connectivity index (χ2n) is 7.22. The Bertz CT molecular complexity index is 971. The molecule has 7 heteroatoms. The monoisotopic (exact) mass is 418 g/mol. The Hall–Kier alpha value is -3.63. The van der Waals surface area contributed by atoms with E-state index in [0.29, 0.717) is 30.8 Å². The smallest absolute Gasteiger partial charge is 0.251 e. The maximum absolute atomic E-state index is 12.4. The molecule has 160 valence electrons. The highest BCUT2D eigenvalue weighted by Crippen LogP contribution is 2.11. The summed E-state index contributed by atoms with van der Waals surface area (Å²) in [5.41, 5.74) is 2.00. The van der Waals surface area contributed by atoms with Crippen molar-refractivity contribution in [3.63, 3.8) is 0 Å². The molecule has 31 heavy (non-hydrogen) atoms. The second-order valence-corrected chi connectivity index (χ2v) is 7.22. The van der Waals surface area contributed by atoms with E-state index in [1.165, 1.54) is 0 Å². The van der Waals surface area contributed by atoms with Gasteiger partial charge in [-0.3, -0.25) is 14.5 Å². The SMILES string of the molecule is COc1ccc(C(=O)NCCN2CCN(C(=O)C=Cc3cccc(C#N)c3)CC2)cc1. The zero-order chi connectivity index (χ0) is 22.1. The Morgan fingerprint density at radius 1 is 1.13 bits per heavy atom. The molecule has 0 bridgehead atoms. The van der Waals surface area contributed by atoms with E-state index in [2.05, 4.69) is 16.3 Å². The number of nitrogens with one attached hydrogen (secondary N) is 1. The van der Waals surface area contributed by atoms with Gasteiger partial charge in [0.1, 0.15) is 5.75 Å². The van der Waals surface area contributed by atoms with Crippen molar-refractivity contribution in [1.82, 2.24) is 15.1 Å². The minimum atomic E-state index is -0.109. The summed E-state index contributed by atoms with van der Waals surface area (Å²) >= 11 is 0. The number of amides is 2. The van der Waals surface area contributed by atoms with Gasteiger partial charge in [-0.1, -0.05) is 12.1 Å². The summed E-state index contributed by atoms with van der Waals surface area (Å²) in [6.07, 6.45) is 3.30. The van der Waals surface area contributed by atoms with Gasteiger partial charge in [0.05, 0.1) is 18.7 Å². The highest BCUT2D eigenvalue weighted by Gasteiger charge is 2.19. The van der Waals surface area contributed by atoms with E-state index in [4.69, 9.17) is 10.00 Å². The van der Waals surface area contributed by atoms with Crippen molar-refractivity contribution in [1.29, 1.82) is 5.26 Å². The number of hydrogen-bond acceptors (Lipinski definition) is 5. The zero-order valence-corrected chi connectivity index (χ0v) is 17.6. The van der Waals surface area contributed by atoms with Crippen LogP contribution >= 0.6 is 0 Å². The van der Waals surface area contributed by atoms with Crippen molar-refractivity contribution in [2.24, 2.45) is 0 Å². The number of methoxy groups -OCH3 is 1. The van der Waals surface area contributed by atoms with Crippen LogP contribution in [-0.4, -0.2) is 68.0 Å². The Morgan fingerprint density at radius 2 is 1.87 bits per heavy atom. The number of carbonyl (C=O) groups is 2. The quantitative estimate of drug-likeness (QED) is 0.697. The summed E-state index contributed by atoms with van der Waals surface area (Å²) in [6.45, 7) is 4.11. The first-order chi connectivity index (χ1) is 15.1. The molecular formula is C24H26N4O3. The van der Waals surface area contributed by atoms with Crippen LogP contribution in [0.2, 0.25) is 0 Å². The third kappa shape index (κ3) is 6.43. The van der Waals surface area contributed by atoms with Gasteiger partial charge in [-0.15, -0.1) is 0 Å². The van der Waals surface area contributed by atoms with Gasteiger partial charge >= 0.3 is 0 Å². The van der Waals surface area contributed by atoms with E-state index >= 15 is 0 Å². The predicted octanol–water partition coefficient (Wildman–Crippen LogP) is 2.15. The number of nitrogens with zero attached hydrogens (tertiary/aromatic N) is 3. The average Bonchev–Trinajstić information content (AvgIpc) is 2.83. The first kappa shape index (κ1) is 22.1. The van der Waals surface area contributed by atoms with Crippen molar-refractivity contribution in [3.8, 4) is 11.8 Å². The topological polar surface area (TPSA) is 85.7 Å². The molecule has 0 aliphatic carbocycles.